The molecule has 2 aliphatic carbocycles. The van der Waals surface area contributed by atoms with E-state index in [-0.39, 0.29) is 30.2 Å². The van der Waals surface area contributed by atoms with Crippen molar-refractivity contribution >= 4 is 18.1 Å². The third kappa shape index (κ3) is 6.83. The summed E-state index contributed by atoms with van der Waals surface area (Å²) in [5, 5.41) is 2.73. The molecule has 2 atom stereocenters. The summed E-state index contributed by atoms with van der Waals surface area (Å²) in [6.07, 6.45) is 10.4. The van der Waals surface area contributed by atoms with Crippen LogP contribution >= 0.6 is 0 Å². The number of pyridine rings is 1. The Balaban J connectivity index is 1.29. The van der Waals surface area contributed by atoms with E-state index in [1.807, 2.05) is 72.7 Å². The molecule has 1 saturated heterocycles. The summed E-state index contributed by atoms with van der Waals surface area (Å²) in [5.41, 5.74) is 3.21. The maximum Gasteiger partial charge on any atom is 0.274 e. The van der Waals surface area contributed by atoms with Crippen molar-refractivity contribution < 1.29 is 23.8 Å². The van der Waals surface area contributed by atoms with Gasteiger partial charge in [-0.05, 0) is 83.8 Å². The maximum absolute atomic E-state index is 14.4. The quantitative estimate of drug-likeness (QED) is 0.163. The van der Waals surface area contributed by atoms with Gasteiger partial charge in [-0.3, -0.25) is 9.59 Å². The highest BCUT2D eigenvalue weighted by Crippen LogP contribution is 2.57. The lowest BCUT2D eigenvalue weighted by atomic mass is 9.54. The number of nitrogens with zero attached hydrogens (tertiary/aromatic N) is 4. The van der Waals surface area contributed by atoms with Crippen molar-refractivity contribution in [1.82, 2.24) is 19.4 Å². The van der Waals surface area contributed by atoms with Crippen LogP contribution in [0.5, 0.6) is 5.88 Å². The number of hydrogen-bond donors (Lipinski definition) is 1. The Morgan fingerprint density at radius 3 is 2.57 bits per heavy atom. The van der Waals surface area contributed by atoms with Crippen LogP contribution in [0.25, 0.3) is 11.4 Å². The molecular weight excluding hydrogens is 582 g/mol. The number of ether oxygens (including phenoxy) is 3. The van der Waals surface area contributed by atoms with Gasteiger partial charge in [0.25, 0.3) is 5.91 Å². The van der Waals surface area contributed by atoms with E-state index in [1.165, 1.54) is 25.7 Å². The van der Waals surface area contributed by atoms with E-state index < -0.39 is 0 Å². The zero-order valence-electron chi connectivity index (χ0n) is 27.4. The molecule has 1 aliphatic heterocycles. The van der Waals surface area contributed by atoms with Gasteiger partial charge in [-0.1, -0.05) is 36.8 Å². The SMILES string of the molecule is Cc1nc(OC2CCC23CCC3)ccc1-c1nc(NC=O)c(C(=O)N(CCCOC2CCCCO2)C(C)C)n1Cc1ccccc1. The third-order valence-electron chi connectivity index (χ3n) is 9.92. The van der Waals surface area contributed by atoms with Crippen LogP contribution in [0.4, 0.5) is 5.82 Å². The Kier molecular flexibility index (Phi) is 10.0. The second kappa shape index (κ2) is 14.3. The van der Waals surface area contributed by atoms with Gasteiger partial charge in [0.15, 0.2) is 17.8 Å². The van der Waals surface area contributed by atoms with E-state index >= 15 is 0 Å². The molecule has 1 N–H and O–H groups in total. The van der Waals surface area contributed by atoms with E-state index in [4.69, 9.17) is 24.2 Å². The summed E-state index contributed by atoms with van der Waals surface area (Å²) in [7, 11) is 0. The van der Waals surface area contributed by atoms with Crippen molar-refractivity contribution in [1.29, 1.82) is 0 Å². The van der Waals surface area contributed by atoms with E-state index in [0.717, 1.165) is 49.1 Å². The molecule has 10 heteroatoms. The number of benzene rings is 1. The smallest absolute Gasteiger partial charge is 0.274 e. The summed E-state index contributed by atoms with van der Waals surface area (Å²) in [6, 6.07) is 13.7. The van der Waals surface area contributed by atoms with Gasteiger partial charge < -0.3 is 29.0 Å². The molecule has 0 radical (unpaired) electrons. The number of carbonyl (C=O) groups is 2. The molecule has 246 valence electrons. The molecular formula is C36H47N5O5. The van der Waals surface area contributed by atoms with Crippen molar-refractivity contribution in [2.45, 2.75) is 104 Å². The normalized spacial score (nSPS) is 20.2. The van der Waals surface area contributed by atoms with Crippen molar-refractivity contribution in [2.24, 2.45) is 5.41 Å². The topological polar surface area (TPSA) is 108 Å². The third-order valence-corrected chi connectivity index (χ3v) is 9.92. The molecule has 2 amide bonds. The highest BCUT2D eigenvalue weighted by molar-refractivity contribution is 6.00. The molecule has 2 saturated carbocycles. The van der Waals surface area contributed by atoms with E-state index in [9.17, 15) is 9.59 Å². The fraction of sp³-hybridized carbons (Fsp3) is 0.556. The fourth-order valence-corrected chi connectivity index (χ4v) is 7.02. The van der Waals surface area contributed by atoms with Gasteiger partial charge >= 0.3 is 0 Å². The Labute approximate surface area is 271 Å². The highest BCUT2D eigenvalue weighted by atomic mass is 16.7. The number of imidazole rings is 1. The largest absolute Gasteiger partial charge is 0.474 e. The number of amides is 2. The van der Waals surface area contributed by atoms with Gasteiger partial charge in [0.1, 0.15) is 11.9 Å². The Hall–Kier alpha value is -3.76. The van der Waals surface area contributed by atoms with Crippen LogP contribution in [0.2, 0.25) is 0 Å². The first-order valence-electron chi connectivity index (χ1n) is 16.9. The minimum atomic E-state index is -0.204. The number of hydrogen-bond acceptors (Lipinski definition) is 7. The number of nitrogens with one attached hydrogen (secondary N) is 1. The summed E-state index contributed by atoms with van der Waals surface area (Å²) in [5.74, 6) is 1.20. The molecule has 1 spiro atoms. The Morgan fingerprint density at radius 1 is 1.11 bits per heavy atom. The predicted molar refractivity (Wildman–Crippen MR) is 176 cm³/mol. The number of aryl methyl sites for hydroxylation is 1. The van der Waals surface area contributed by atoms with Gasteiger partial charge in [-0.2, -0.15) is 0 Å². The van der Waals surface area contributed by atoms with Crippen molar-refractivity contribution in [3.8, 4) is 17.3 Å². The summed E-state index contributed by atoms with van der Waals surface area (Å²) < 4.78 is 19.9. The van der Waals surface area contributed by atoms with E-state index in [0.29, 0.717) is 55.3 Å². The maximum atomic E-state index is 14.4. The van der Waals surface area contributed by atoms with E-state index in [2.05, 4.69) is 5.32 Å². The average molecular weight is 630 g/mol. The summed E-state index contributed by atoms with van der Waals surface area (Å²) in [4.78, 5) is 37.8. The molecule has 2 unspecified atom stereocenters. The zero-order valence-corrected chi connectivity index (χ0v) is 27.4. The van der Waals surface area contributed by atoms with Gasteiger partial charge in [0, 0.05) is 42.8 Å². The first kappa shape index (κ1) is 32.2. The number of aromatic nitrogens is 3. The summed E-state index contributed by atoms with van der Waals surface area (Å²) in [6.45, 7) is 8.04. The lowest BCUT2D eigenvalue weighted by Crippen LogP contribution is -2.52. The van der Waals surface area contributed by atoms with Crippen LogP contribution in [0, 0.1) is 12.3 Å². The predicted octanol–water partition coefficient (Wildman–Crippen LogP) is 6.37. The van der Waals surface area contributed by atoms with Crippen molar-refractivity contribution in [3.05, 3.63) is 59.4 Å². The minimum absolute atomic E-state index is 0.0867. The van der Waals surface area contributed by atoms with Gasteiger partial charge in [0.05, 0.1) is 12.3 Å². The van der Waals surface area contributed by atoms with Crippen molar-refractivity contribution in [3.63, 3.8) is 0 Å². The molecule has 0 bridgehead atoms. The minimum Gasteiger partial charge on any atom is -0.474 e. The number of carbonyl (C=O) groups excluding carboxylic acids is 2. The van der Waals surface area contributed by atoms with E-state index in [1.54, 1.807) is 0 Å². The Morgan fingerprint density at radius 2 is 1.93 bits per heavy atom. The molecule has 3 aliphatic rings. The summed E-state index contributed by atoms with van der Waals surface area (Å²) >= 11 is 0. The average Bonchev–Trinajstić information content (AvgIpc) is 3.36. The van der Waals surface area contributed by atoms with Crippen LogP contribution in [-0.4, -0.2) is 69.9 Å². The second-order valence-corrected chi connectivity index (χ2v) is 13.2. The van der Waals surface area contributed by atoms with Gasteiger partial charge in [-0.15, -0.1) is 0 Å². The Bertz CT molecular complexity index is 1490. The van der Waals surface area contributed by atoms with Gasteiger partial charge in [0.2, 0.25) is 12.3 Å². The van der Waals surface area contributed by atoms with Crippen LogP contribution in [0.3, 0.4) is 0 Å². The molecule has 46 heavy (non-hydrogen) atoms. The molecule has 1 aromatic carbocycles. The zero-order chi connectivity index (χ0) is 32.1. The van der Waals surface area contributed by atoms with Gasteiger partial charge in [-0.25, -0.2) is 9.97 Å². The second-order valence-electron chi connectivity index (χ2n) is 13.2. The molecule has 2 aromatic heterocycles. The molecule has 3 aromatic rings. The molecule has 3 fully saturated rings. The van der Waals surface area contributed by atoms with Crippen molar-refractivity contribution in [2.75, 3.05) is 25.1 Å². The van der Waals surface area contributed by atoms with Crippen LogP contribution in [-0.2, 0) is 20.8 Å². The first-order chi connectivity index (χ1) is 22.4. The highest BCUT2D eigenvalue weighted by Gasteiger charge is 2.52. The van der Waals surface area contributed by atoms with Crippen LogP contribution in [0.15, 0.2) is 42.5 Å². The monoisotopic (exact) mass is 629 g/mol. The first-order valence-corrected chi connectivity index (χ1v) is 16.9. The molecule has 10 nitrogen and oxygen atoms in total. The van der Waals surface area contributed by atoms with Crippen LogP contribution < -0.4 is 10.1 Å². The lowest BCUT2D eigenvalue weighted by molar-refractivity contribution is -0.163. The van der Waals surface area contributed by atoms with Crippen LogP contribution in [0.1, 0.15) is 93.4 Å². The number of anilines is 1. The lowest BCUT2D eigenvalue weighted by Gasteiger charge is -2.55. The standard InChI is InChI=1S/C36H47N5O5/c1-25(2)40(20-10-22-45-31-13-7-8-21-44-31)35(43)32-33(37-24-42)39-34(41(32)23-27-11-5-4-6-12-27)28-14-15-30(38-26(28)3)46-29-16-19-36(29)17-9-18-36/h4-6,11-12,14-15,24-25,29,31H,7-10,13,16-23H2,1-3H3,(H,37,42). The number of rotatable bonds is 14. The fourth-order valence-electron chi connectivity index (χ4n) is 7.02. The molecule has 6 rings (SSSR count). The molecule has 3 heterocycles.